The minimum Gasteiger partial charge on any atom is -0.480 e. The molecule has 96 valence electrons. The number of carbonyl (C=O) groups is 1. The van der Waals surface area contributed by atoms with Crippen LogP contribution in [0.5, 0.6) is 5.75 Å². The number of hydrogen-bond acceptors (Lipinski definition) is 3. The number of carbonyl (C=O) groups excluding carboxylic acids is 1. The molecule has 1 aliphatic heterocycles. The molecule has 0 saturated heterocycles. The Kier molecular flexibility index (Phi) is 2.85. The van der Waals surface area contributed by atoms with Crippen LogP contribution in [0.4, 0.5) is 0 Å². The van der Waals surface area contributed by atoms with E-state index in [1.54, 1.807) is 42.5 Å². The zero-order valence-corrected chi connectivity index (χ0v) is 10.7. The number of benzene rings is 2. The molecule has 0 spiro atoms. The first kappa shape index (κ1) is 12.2. The lowest BCUT2D eigenvalue weighted by Crippen LogP contribution is -2.23. The highest BCUT2D eigenvalue weighted by atomic mass is 16.5. The normalized spacial score (nSPS) is 17.1. The Balaban J connectivity index is 2.01. The number of para-hydroxylation sites is 1. The number of rotatable bonds is 1. The Hall–Kier alpha value is -2.86. The molecule has 0 amide bonds. The molecule has 3 rings (SSSR count). The molecule has 3 nitrogen and oxygen atoms in total. The van der Waals surface area contributed by atoms with Crippen molar-refractivity contribution in [1.29, 1.82) is 5.26 Å². The highest BCUT2D eigenvalue weighted by molar-refractivity contribution is 6.11. The van der Waals surface area contributed by atoms with Crippen LogP contribution in [0.15, 0.2) is 60.7 Å². The maximum atomic E-state index is 12.3. The van der Waals surface area contributed by atoms with Gasteiger partial charge in [0.2, 0.25) is 0 Å². The summed E-state index contributed by atoms with van der Waals surface area (Å²) in [5.41, 5.74) is 2.34. The number of nitrogens with zero attached hydrogens (tertiary/aromatic N) is 1. The summed E-state index contributed by atoms with van der Waals surface area (Å²) in [6.07, 6.45) is -0.495. The van der Waals surface area contributed by atoms with E-state index >= 15 is 0 Å². The van der Waals surface area contributed by atoms with Crippen molar-refractivity contribution in [2.45, 2.75) is 6.10 Å². The average molecular weight is 261 g/mol. The van der Waals surface area contributed by atoms with Gasteiger partial charge in [-0.3, -0.25) is 4.79 Å². The number of ketones is 1. The van der Waals surface area contributed by atoms with Gasteiger partial charge in [0.25, 0.3) is 0 Å². The average Bonchev–Trinajstić information content (AvgIpc) is 2.51. The molecule has 3 heteroatoms. The monoisotopic (exact) mass is 261 g/mol. The van der Waals surface area contributed by atoms with Crippen molar-refractivity contribution < 1.29 is 9.53 Å². The summed E-state index contributed by atoms with van der Waals surface area (Å²) in [7, 11) is 0. The van der Waals surface area contributed by atoms with Crippen molar-refractivity contribution in [3.05, 3.63) is 77.4 Å². The molecular weight excluding hydrogens is 250 g/mol. The summed E-state index contributed by atoms with van der Waals surface area (Å²) in [4.78, 5) is 12.3. The third-order valence-corrected chi connectivity index (χ3v) is 3.33. The van der Waals surface area contributed by atoms with Crippen molar-refractivity contribution in [2.24, 2.45) is 0 Å². The molecule has 2 aromatic carbocycles. The molecule has 0 N–H and O–H groups in total. The van der Waals surface area contributed by atoms with Crippen molar-refractivity contribution in [3.63, 3.8) is 0 Å². The van der Waals surface area contributed by atoms with Crippen LogP contribution in [0, 0.1) is 11.3 Å². The summed E-state index contributed by atoms with van der Waals surface area (Å²) in [6.45, 7) is 3.85. The zero-order valence-electron chi connectivity index (χ0n) is 10.7. The number of hydrogen-bond donors (Lipinski definition) is 0. The van der Waals surface area contributed by atoms with E-state index < -0.39 is 6.10 Å². The lowest BCUT2D eigenvalue weighted by molar-refractivity contribution is 0.0962. The van der Waals surface area contributed by atoms with E-state index in [2.05, 4.69) is 12.6 Å². The second-order valence-electron chi connectivity index (χ2n) is 4.58. The second kappa shape index (κ2) is 4.67. The summed E-state index contributed by atoms with van der Waals surface area (Å²) in [6, 6.07) is 16.2. The fraction of sp³-hybridized carbons (Fsp3) is 0.0588. The first-order valence-corrected chi connectivity index (χ1v) is 6.20. The predicted octanol–water partition coefficient (Wildman–Crippen LogP) is 3.43. The summed E-state index contributed by atoms with van der Waals surface area (Å²) < 4.78 is 5.87. The van der Waals surface area contributed by atoms with Crippen LogP contribution >= 0.6 is 0 Å². The molecule has 1 aliphatic rings. The van der Waals surface area contributed by atoms with E-state index in [0.717, 1.165) is 5.56 Å². The number of ether oxygens (including phenoxy) is 1. The van der Waals surface area contributed by atoms with Gasteiger partial charge in [0.05, 0.1) is 17.2 Å². The number of fused-ring (bicyclic) bond motifs is 1. The summed E-state index contributed by atoms with van der Waals surface area (Å²) in [5, 5.41) is 8.81. The molecule has 0 aliphatic carbocycles. The molecule has 0 aromatic heterocycles. The summed E-state index contributed by atoms with van der Waals surface area (Å²) >= 11 is 0. The Morgan fingerprint density at radius 2 is 1.80 bits per heavy atom. The molecule has 1 heterocycles. The number of nitriles is 1. The van der Waals surface area contributed by atoms with Gasteiger partial charge in [-0.1, -0.05) is 30.8 Å². The topological polar surface area (TPSA) is 50.1 Å². The molecule has 20 heavy (non-hydrogen) atoms. The zero-order chi connectivity index (χ0) is 14.1. The minimum atomic E-state index is -0.495. The quantitative estimate of drug-likeness (QED) is 0.739. The maximum Gasteiger partial charge on any atom is 0.196 e. The van der Waals surface area contributed by atoms with Gasteiger partial charge in [-0.25, -0.2) is 0 Å². The van der Waals surface area contributed by atoms with E-state index in [-0.39, 0.29) is 5.78 Å². The highest BCUT2D eigenvalue weighted by Gasteiger charge is 2.31. The first-order valence-electron chi connectivity index (χ1n) is 6.20. The first-order chi connectivity index (χ1) is 9.70. The predicted molar refractivity (Wildman–Crippen MR) is 74.4 cm³/mol. The SMILES string of the molecule is C=C1C(=O)c2ccccc2O[C@H]1c1ccc(C#N)cc1. The van der Waals surface area contributed by atoms with Crippen molar-refractivity contribution >= 4 is 5.78 Å². The van der Waals surface area contributed by atoms with Crippen molar-refractivity contribution in [3.8, 4) is 11.8 Å². The fourth-order valence-corrected chi connectivity index (χ4v) is 2.25. The van der Waals surface area contributed by atoms with Gasteiger partial charge < -0.3 is 4.74 Å². The van der Waals surface area contributed by atoms with Gasteiger partial charge in [0.1, 0.15) is 5.75 Å². The van der Waals surface area contributed by atoms with E-state index in [1.165, 1.54) is 0 Å². The lowest BCUT2D eigenvalue weighted by atomic mass is 9.92. The van der Waals surface area contributed by atoms with Crippen LogP contribution in [0.3, 0.4) is 0 Å². The molecule has 0 saturated carbocycles. The fourth-order valence-electron chi connectivity index (χ4n) is 2.25. The van der Waals surface area contributed by atoms with Crippen LogP contribution in [0.2, 0.25) is 0 Å². The smallest absolute Gasteiger partial charge is 0.196 e. The Bertz CT molecular complexity index is 738. The third kappa shape index (κ3) is 1.88. The standard InChI is InChI=1S/C17H11NO2/c1-11-16(19)14-4-2-3-5-15(14)20-17(11)13-8-6-12(10-18)7-9-13/h2-9,17H,1H2/t17-/m1/s1. The van der Waals surface area contributed by atoms with Gasteiger partial charge in [0, 0.05) is 5.57 Å². The van der Waals surface area contributed by atoms with Crippen molar-refractivity contribution in [1.82, 2.24) is 0 Å². The van der Waals surface area contributed by atoms with E-state index in [0.29, 0.717) is 22.4 Å². The third-order valence-electron chi connectivity index (χ3n) is 3.33. The van der Waals surface area contributed by atoms with E-state index in [9.17, 15) is 4.79 Å². The highest BCUT2D eigenvalue weighted by Crippen LogP contribution is 2.37. The Labute approximate surface area is 116 Å². The minimum absolute atomic E-state index is 0.0961. The van der Waals surface area contributed by atoms with Gasteiger partial charge >= 0.3 is 0 Å². The van der Waals surface area contributed by atoms with Gasteiger partial charge in [-0.2, -0.15) is 5.26 Å². The molecule has 1 atom stereocenters. The molecule has 0 fully saturated rings. The largest absolute Gasteiger partial charge is 0.480 e. The van der Waals surface area contributed by atoms with Crippen LogP contribution in [-0.4, -0.2) is 5.78 Å². The molecule has 0 radical (unpaired) electrons. The van der Waals surface area contributed by atoms with Gasteiger partial charge in [0.15, 0.2) is 11.9 Å². The van der Waals surface area contributed by atoms with E-state index in [4.69, 9.17) is 10.00 Å². The molecular formula is C17H11NO2. The van der Waals surface area contributed by atoms with Gasteiger partial charge in [-0.05, 0) is 29.8 Å². The Morgan fingerprint density at radius 3 is 2.50 bits per heavy atom. The lowest BCUT2D eigenvalue weighted by Gasteiger charge is -2.27. The van der Waals surface area contributed by atoms with Crippen LogP contribution in [0.1, 0.15) is 27.6 Å². The molecule has 2 aromatic rings. The molecule has 0 bridgehead atoms. The van der Waals surface area contributed by atoms with Crippen LogP contribution in [-0.2, 0) is 0 Å². The second-order valence-corrected chi connectivity index (χ2v) is 4.58. The summed E-state index contributed by atoms with van der Waals surface area (Å²) in [5.74, 6) is 0.473. The van der Waals surface area contributed by atoms with Crippen molar-refractivity contribution in [2.75, 3.05) is 0 Å². The Morgan fingerprint density at radius 1 is 1.10 bits per heavy atom. The molecule has 0 unspecified atom stereocenters. The maximum absolute atomic E-state index is 12.3. The van der Waals surface area contributed by atoms with Gasteiger partial charge in [-0.15, -0.1) is 0 Å². The van der Waals surface area contributed by atoms with Crippen LogP contribution < -0.4 is 4.74 Å². The van der Waals surface area contributed by atoms with E-state index in [1.807, 2.05) is 6.07 Å². The van der Waals surface area contributed by atoms with Crippen LogP contribution in [0.25, 0.3) is 0 Å². The number of Topliss-reactive ketones (excluding diaryl/α,β-unsaturated/α-hetero) is 1.